The Morgan fingerprint density at radius 3 is 2.88 bits per heavy atom. The molecule has 1 aliphatic heterocycles. The van der Waals surface area contributed by atoms with Gasteiger partial charge in [-0.15, -0.1) is 0 Å². The summed E-state index contributed by atoms with van der Waals surface area (Å²) in [6, 6.07) is 5.02. The maximum atomic E-state index is 14.2. The Hall–Kier alpha value is -2.41. The number of aryl methyl sites for hydroxylation is 1. The van der Waals surface area contributed by atoms with Crippen molar-refractivity contribution in [2.45, 2.75) is 19.0 Å². The molecule has 6 nitrogen and oxygen atoms in total. The van der Waals surface area contributed by atoms with Crippen molar-refractivity contribution >= 4 is 5.91 Å². The summed E-state index contributed by atoms with van der Waals surface area (Å²) in [4.78, 5) is 18.3. The van der Waals surface area contributed by atoms with Gasteiger partial charge in [0.25, 0.3) is 0 Å². The van der Waals surface area contributed by atoms with Gasteiger partial charge >= 0.3 is 0 Å². The molecule has 0 saturated carbocycles. The largest absolute Gasteiger partial charge is 0.494 e. The van der Waals surface area contributed by atoms with Crippen LogP contribution in [-0.2, 0) is 18.4 Å². The number of rotatable bonds is 6. The Morgan fingerprint density at radius 1 is 1.40 bits per heavy atom. The van der Waals surface area contributed by atoms with E-state index in [4.69, 9.17) is 4.74 Å². The van der Waals surface area contributed by atoms with Crippen molar-refractivity contribution in [2.75, 3.05) is 20.7 Å². The van der Waals surface area contributed by atoms with Crippen LogP contribution in [0.2, 0.25) is 0 Å². The van der Waals surface area contributed by atoms with E-state index in [-0.39, 0.29) is 29.4 Å². The number of imidazole rings is 1. The third kappa shape index (κ3) is 3.37. The van der Waals surface area contributed by atoms with E-state index in [1.54, 1.807) is 29.3 Å². The molecule has 0 unspecified atom stereocenters. The summed E-state index contributed by atoms with van der Waals surface area (Å²) in [5, 5.41) is 3.28. The third-order valence-electron chi connectivity index (χ3n) is 4.80. The fraction of sp³-hybridized carbons (Fsp3) is 0.444. The maximum Gasteiger partial charge on any atom is 0.223 e. The number of amides is 1. The van der Waals surface area contributed by atoms with Crippen LogP contribution >= 0.6 is 0 Å². The van der Waals surface area contributed by atoms with Crippen molar-refractivity contribution in [3.05, 3.63) is 47.8 Å². The SMILES string of the molecule is COc1cccc(CNC[C@@H]2CC(=O)N(C)[C@H]2c2nccn2C)c1F. The molecule has 2 heterocycles. The molecule has 134 valence electrons. The number of benzene rings is 1. The molecular formula is C18H23FN4O2. The van der Waals surface area contributed by atoms with Crippen LogP contribution in [0.5, 0.6) is 5.75 Å². The molecule has 1 fully saturated rings. The van der Waals surface area contributed by atoms with Crippen molar-refractivity contribution < 1.29 is 13.9 Å². The number of nitrogens with zero attached hydrogens (tertiary/aromatic N) is 3. The number of methoxy groups -OCH3 is 1. The van der Waals surface area contributed by atoms with Crippen LogP contribution in [0.1, 0.15) is 23.9 Å². The normalized spacial score (nSPS) is 20.3. The molecule has 0 radical (unpaired) electrons. The number of hydrogen-bond acceptors (Lipinski definition) is 4. The first-order valence-electron chi connectivity index (χ1n) is 8.28. The second-order valence-corrected chi connectivity index (χ2v) is 6.37. The number of halogens is 1. The van der Waals surface area contributed by atoms with Crippen LogP contribution in [0.25, 0.3) is 0 Å². The van der Waals surface area contributed by atoms with Gasteiger partial charge in [0.05, 0.1) is 13.2 Å². The lowest BCUT2D eigenvalue weighted by Gasteiger charge is -2.24. The van der Waals surface area contributed by atoms with Crippen molar-refractivity contribution in [1.29, 1.82) is 0 Å². The average molecular weight is 346 g/mol. The Bertz CT molecular complexity index is 761. The molecule has 2 atom stereocenters. The first-order chi connectivity index (χ1) is 12.0. The predicted octanol–water partition coefficient (Wildman–Crippen LogP) is 1.88. The highest BCUT2D eigenvalue weighted by molar-refractivity contribution is 5.79. The summed E-state index contributed by atoms with van der Waals surface area (Å²) in [7, 11) is 5.19. The second-order valence-electron chi connectivity index (χ2n) is 6.37. The second kappa shape index (κ2) is 7.23. The van der Waals surface area contributed by atoms with Crippen LogP contribution in [0.3, 0.4) is 0 Å². The number of carbonyl (C=O) groups excluding carboxylic acids is 1. The number of carbonyl (C=O) groups is 1. The van der Waals surface area contributed by atoms with E-state index in [1.165, 1.54) is 7.11 Å². The fourth-order valence-electron chi connectivity index (χ4n) is 3.42. The Labute approximate surface area is 146 Å². The molecule has 7 heteroatoms. The standard InChI is InChI=1S/C18H23FN4O2/c1-22-8-7-21-18(22)17-13(9-15(24)23(17)2)11-20-10-12-5-4-6-14(25-3)16(12)19/h4-8,13,17,20H,9-11H2,1-3H3/t13-,17+/m0/s1. The van der Waals surface area contributed by atoms with Crippen LogP contribution in [-0.4, -0.2) is 41.1 Å². The Morgan fingerprint density at radius 2 is 2.20 bits per heavy atom. The van der Waals surface area contributed by atoms with Crippen molar-refractivity contribution in [2.24, 2.45) is 13.0 Å². The van der Waals surface area contributed by atoms with Gasteiger partial charge in [-0.25, -0.2) is 9.37 Å². The molecule has 1 aromatic heterocycles. The zero-order chi connectivity index (χ0) is 18.0. The van der Waals surface area contributed by atoms with E-state index < -0.39 is 0 Å². The first kappa shape index (κ1) is 17.4. The molecule has 1 aliphatic rings. The molecule has 0 aliphatic carbocycles. The molecule has 1 amide bonds. The quantitative estimate of drug-likeness (QED) is 0.868. The van der Waals surface area contributed by atoms with Gasteiger partial charge in [0.1, 0.15) is 5.82 Å². The molecule has 0 spiro atoms. The summed E-state index contributed by atoms with van der Waals surface area (Å²) >= 11 is 0. The number of hydrogen-bond donors (Lipinski definition) is 1. The van der Waals surface area contributed by atoms with Gasteiger partial charge in [0, 0.05) is 57.5 Å². The monoisotopic (exact) mass is 346 g/mol. The van der Waals surface area contributed by atoms with Crippen LogP contribution in [0.15, 0.2) is 30.6 Å². The molecule has 2 aromatic rings. The minimum Gasteiger partial charge on any atom is -0.494 e. The summed E-state index contributed by atoms with van der Waals surface area (Å²) < 4.78 is 21.2. The number of nitrogens with one attached hydrogen (secondary N) is 1. The van der Waals surface area contributed by atoms with Gasteiger partial charge in [0.15, 0.2) is 11.6 Å². The van der Waals surface area contributed by atoms with E-state index in [0.29, 0.717) is 25.1 Å². The lowest BCUT2D eigenvalue weighted by molar-refractivity contribution is -0.127. The third-order valence-corrected chi connectivity index (χ3v) is 4.80. The smallest absolute Gasteiger partial charge is 0.223 e. The molecule has 25 heavy (non-hydrogen) atoms. The molecular weight excluding hydrogens is 323 g/mol. The lowest BCUT2D eigenvalue weighted by atomic mass is 9.99. The Kier molecular flexibility index (Phi) is 5.03. The maximum absolute atomic E-state index is 14.2. The molecule has 1 aromatic carbocycles. The van der Waals surface area contributed by atoms with Crippen LogP contribution < -0.4 is 10.1 Å². The van der Waals surface area contributed by atoms with E-state index in [1.807, 2.05) is 24.9 Å². The molecule has 1 N–H and O–H groups in total. The lowest BCUT2D eigenvalue weighted by Crippen LogP contribution is -2.31. The van der Waals surface area contributed by atoms with E-state index >= 15 is 0 Å². The van der Waals surface area contributed by atoms with Gasteiger partial charge in [0.2, 0.25) is 5.91 Å². The zero-order valence-electron chi connectivity index (χ0n) is 14.7. The summed E-state index contributed by atoms with van der Waals surface area (Å²) in [6.07, 6.45) is 4.08. The molecule has 1 saturated heterocycles. The average Bonchev–Trinajstić information content (AvgIpc) is 3.13. The summed E-state index contributed by atoms with van der Waals surface area (Å²) in [5.74, 6) is 0.950. The van der Waals surface area contributed by atoms with E-state index in [2.05, 4.69) is 10.3 Å². The van der Waals surface area contributed by atoms with Crippen molar-refractivity contribution in [1.82, 2.24) is 19.8 Å². The fourth-order valence-corrected chi connectivity index (χ4v) is 3.42. The van der Waals surface area contributed by atoms with Gasteiger partial charge in [-0.1, -0.05) is 12.1 Å². The van der Waals surface area contributed by atoms with Gasteiger partial charge in [-0.2, -0.15) is 0 Å². The minimum atomic E-state index is -0.349. The van der Waals surface area contributed by atoms with E-state index in [9.17, 15) is 9.18 Å². The van der Waals surface area contributed by atoms with Gasteiger partial charge in [-0.05, 0) is 6.07 Å². The van der Waals surface area contributed by atoms with Crippen molar-refractivity contribution in [3.63, 3.8) is 0 Å². The Balaban J connectivity index is 1.68. The van der Waals surface area contributed by atoms with Gasteiger partial charge in [-0.3, -0.25) is 4.79 Å². The molecule has 3 rings (SSSR count). The highest BCUT2D eigenvalue weighted by Crippen LogP contribution is 2.35. The molecule has 0 bridgehead atoms. The predicted molar refractivity (Wildman–Crippen MR) is 91.5 cm³/mol. The van der Waals surface area contributed by atoms with Crippen molar-refractivity contribution in [3.8, 4) is 5.75 Å². The van der Waals surface area contributed by atoms with Gasteiger partial charge < -0.3 is 19.5 Å². The number of ether oxygens (including phenoxy) is 1. The number of likely N-dealkylation sites (tertiary alicyclic amines) is 1. The first-order valence-corrected chi connectivity index (χ1v) is 8.28. The minimum absolute atomic E-state index is 0.0739. The highest BCUT2D eigenvalue weighted by atomic mass is 19.1. The van der Waals surface area contributed by atoms with Crippen LogP contribution in [0, 0.1) is 11.7 Å². The van der Waals surface area contributed by atoms with E-state index in [0.717, 1.165) is 5.82 Å². The van der Waals surface area contributed by atoms with Crippen LogP contribution in [0.4, 0.5) is 4.39 Å². The summed E-state index contributed by atoms with van der Waals surface area (Å²) in [6.45, 7) is 0.981. The zero-order valence-corrected chi connectivity index (χ0v) is 14.7. The topological polar surface area (TPSA) is 59.4 Å². The number of aromatic nitrogens is 2. The summed E-state index contributed by atoms with van der Waals surface area (Å²) in [5.41, 5.74) is 0.547. The highest BCUT2D eigenvalue weighted by Gasteiger charge is 2.40.